The van der Waals surface area contributed by atoms with Crippen molar-refractivity contribution in [3.8, 4) is 0 Å². The Kier molecular flexibility index (Phi) is 8.12. The van der Waals surface area contributed by atoms with Gasteiger partial charge in [-0.15, -0.1) is 0 Å². The standard InChI is InChI=1S/C23H30N8O7S/c1-5-24-21(34)18-16(32)17(33)22(38-18)31-11-27-15-19(25-10-26-20(15)31)29-23(35)28-13-6-8-14(9-7-13)39(36,37)30(4)12(2)3/h6-12,16-18,22,32-33H,5H2,1-4H3,(H,24,34)(H2,25,26,28,29,35)/t16?,17-,18-,22+/m0/s1. The van der Waals surface area contributed by atoms with Crippen LogP contribution in [0.1, 0.15) is 27.0 Å². The number of hydrogen-bond acceptors (Lipinski definition) is 10. The van der Waals surface area contributed by atoms with Crippen LogP contribution in [0, 0.1) is 0 Å². The Bertz CT molecular complexity index is 1460. The van der Waals surface area contributed by atoms with Gasteiger partial charge >= 0.3 is 6.03 Å². The quantitative estimate of drug-likeness (QED) is 0.253. The van der Waals surface area contributed by atoms with Crippen molar-refractivity contribution < 1.29 is 33.0 Å². The molecule has 16 heteroatoms. The minimum atomic E-state index is -3.67. The van der Waals surface area contributed by atoms with E-state index in [1.807, 2.05) is 0 Å². The number of sulfonamides is 1. The summed E-state index contributed by atoms with van der Waals surface area (Å²) in [6.45, 7) is 5.56. The van der Waals surface area contributed by atoms with Crippen LogP contribution in [-0.2, 0) is 19.6 Å². The molecule has 3 heterocycles. The monoisotopic (exact) mass is 562 g/mol. The van der Waals surface area contributed by atoms with Gasteiger partial charge in [0.25, 0.3) is 5.91 Å². The highest BCUT2D eigenvalue weighted by Gasteiger charge is 2.47. The van der Waals surface area contributed by atoms with Crippen molar-refractivity contribution in [2.75, 3.05) is 24.2 Å². The number of carbonyl (C=O) groups excluding carboxylic acids is 2. The maximum atomic E-state index is 12.7. The first-order valence-corrected chi connectivity index (χ1v) is 13.5. The lowest BCUT2D eigenvalue weighted by Crippen LogP contribution is -2.42. The van der Waals surface area contributed by atoms with Crippen LogP contribution in [0.3, 0.4) is 0 Å². The maximum absolute atomic E-state index is 12.7. The molecular weight excluding hydrogens is 532 g/mol. The first-order chi connectivity index (χ1) is 18.4. The van der Waals surface area contributed by atoms with Crippen LogP contribution in [0.15, 0.2) is 41.8 Å². The average molecular weight is 563 g/mol. The van der Waals surface area contributed by atoms with Crippen LogP contribution in [0.2, 0.25) is 0 Å². The number of aliphatic hydroxyl groups excluding tert-OH is 2. The third-order valence-electron chi connectivity index (χ3n) is 6.23. The number of aromatic nitrogens is 4. The van der Waals surface area contributed by atoms with Crippen LogP contribution < -0.4 is 16.0 Å². The van der Waals surface area contributed by atoms with E-state index in [0.717, 1.165) is 0 Å². The first-order valence-electron chi connectivity index (χ1n) is 12.1. The molecule has 2 aromatic heterocycles. The van der Waals surface area contributed by atoms with Gasteiger partial charge in [-0.1, -0.05) is 0 Å². The first kappa shape index (κ1) is 28.3. The third kappa shape index (κ3) is 5.55. The third-order valence-corrected chi connectivity index (χ3v) is 8.28. The largest absolute Gasteiger partial charge is 0.387 e. The summed E-state index contributed by atoms with van der Waals surface area (Å²) >= 11 is 0. The molecule has 5 N–H and O–H groups in total. The summed E-state index contributed by atoms with van der Waals surface area (Å²) in [5.74, 6) is -0.524. The molecule has 1 aliphatic heterocycles. The van der Waals surface area contributed by atoms with E-state index in [-0.39, 0.29) is 27.9 Å². The Labute approximate surface area is 224 Å². The second kappa shape index (κ2) is 11.2. The number of anilines is 2. The zero-order chi connectivity index (χ0) is 28.5. The van der Waals surface area contributed by atoms with Gasteiger partial charge < -0.3 is 25.6 Å². The van der Waals surface area contributed by atoms with E-state index < -0.39 is 46.5 Å². The molecule has 3 aromatic rings. The maximum Gasteiger partial charge on any atom is 0.324 e. The number of imidazole rings is 1. The smallest absolute Gasteiger partial charge is 0.324 e. The molecule has 4 atom stereocenters. The van der Waals surface area contributed by atoms with Crippen molar-refractivity contribution >= 4 is 44.6 Å². The molecule has 0 radical (unpaired) electrons. The van der Waals surface area contributed by atoms with Crippen LogP contribution in [0.4, 0.5) is 16.3 Å². The fourth-order valence-electron chi connectivity index (χ4n) is 3.93. The molecule has 1 saturated heterocycles. The fraction of sp³-hybridized carbons (Fsp3) is 0.435. The lowest BCUT2D eigenvalue weighted by molar-refractivity contribution is -0.137. The lowest BCUT2D eigenvalue weighted by Gasteiger charge is -2.21. The fourth-order valence-corrected chi connectivity index (χ4v) is 5.30. The zero-order valence-corrected chi connectivity index (χ0v) is 22.5. The van der Waals surface area contributed by atoms with Crippen LogP contribution >= 0.6 is 0 Å². The van der Waals surface area contributed by atoms with Gasteiger partial charge in [0.15, 0.2) is 29.3 Å². The van der Waals surface area contributed by atoms with E-state index in [4.69, 9.17) is 4.74 Å². The van der Waals surface area contributed by atoms with Gasteiger partial charge in [-0.25, -0.2) is 28.2 Å². The molecule has 39 heavy (non-hydrogen) atoms. The highest BCUT2D eigenvalue weighted by Crippen LogP contribution is 2.32. The van der Waals surface area contributed by atoms with Crippen molar-refractivity contribution in [1.29, 1.82) is 0 Å². The van der Waals surface area contributed by atoms with Crippen molar-refractivity contribution in [1.82, 2.24) is 29.1 Å². The zero-order valence-electron chi connectivity index (χ0n) is 21.6. The molecular formula is C23H30N8O7S. The Morgan fingerprint density at radius 3 is 2.44 bits per heavy atom. The van der Waals surface area contributed by atoms with Crippen molar-refractivity contribution in [2.24, 2.45) is 0 Å². The summed E-state index contributed by atoms with van der Waals surface area (Å²) in [6, 6.07) is 4.80. The van der Waals surface area contributed by atoms with Crippen molar-refractivity contribution in [3.05, 3.63) is 36.9 Å². The minimum Gasteiger partial charge on any atom is -0.387 e. The molecule has 0 bridgehead atoms. The predicted octanol–water partition coefficient (Wildman–Crippen LogP) is 0.255. The van der Waals surface area contributed by atoms with E-state index >= 15 is 0 Å². The van der Waals surface area contributed by atoms with Crippen molar-refractivity contribution in [3.63, 3.8) is 0 Å². The Hall–Kier alpha value is -3.70. The van der Waals surface area contributed by atoms with E-state index in [9.17, 15) is 28.2 Å². The highest BCUT2D eigenvalue weighted by atomic mass is 32.2. The minimum absolute atomic E-state index is 0.0438. The summed E-state index contributed by atoms with van der Waals surface area (Å²) in [5, 5.41) is 28.5. The molecule has 0 spiro atoms. The number of amides is 3. The molecule has 1 fully saturated rings. The van der Waals surface area contributed by atoms with Crippen LogP contribution in [-0.4, -0.2) is 92.3 Å². The molecule has 15 nitrogen and oxygen atoms in total. The molecule has 1 aromatic carbocycles. The number of rotatable bonds is 8. The van der Waals surface area contributed by atoms with E-state index in [1.165, 1.54) is 52.8 Å². The summed E-state index contributed by atoms with van der Waals surface area (Å²) in [6.07, 6.45) is -2.93. The number of benzene rings is 1. The summed E-state index contributed by atoms with van der Waals surface area (Å²) in [4.78, 5) is 37.3. The van der Waals surface area contributed by atoms with Gasteiger partial charge in [0, 0.05) is 25.3 Å². The van der Waals surface area contributed by atoms with Gasteiger partial charge in [0.05, 0.1) is 11.2 Å². The van der Waals surface area contributed by atoms with Gasteiger partial charge in [0.1, 0.15) is 18.5 Å². The molecule has 1 aliphatic rings. The number of nitrogens with zero attached hydrogens (tertiary/aromatic N) is 5. The topological polar surface area (TPSA) is 201 Å². The van der Waals surface area contributed by atoms with Gasteiger partial charge in [-0.3, -0.25) is 14.7 Å². The van der Waals surface area contributed by atoms with E-state index in [0.29, 0.717) is 12.2 Å². The van der Waals surface area contributed by atoms with E-state index in [1.54, 1.807) is 20.8 Å². The average Bonchev–Trinajstić information content (AvgIpc) is 3.45. The van der Waals surface area contributed by atoms with Gasteiger partial charge in [-0.2, -0.15) is 4.31 Å². The molecule has 210 valence electrons. The SMILES string of the molecule is CCNC(=O)[C@H]1O[C@@H](n2cnc3c(NC(=O)Nc4ccc(S(=O)(=O)N(C)C(C)C)cc4)ncnc32)[C@@H](O)C1O. The molecule has 1 unspecified atom stereocenters. The number of aliphatic hydroxyl groups is 2. The number of ether oxygens (including phenoxy) is 1. The van der Waals surface area contributed by atoms with Crippen molar-refractivity contribution in [2.45, 2.75) is 56.2 Å². The highest BCUT2D eigenvalue weighted by molar-refractivity contribution is 7.89. The number of hydrogen-bond donors (Lipinski definition) is 5. The molecule has 3 amide bonds. The normalized spacial score (nSPS) is 21.4. The number of fused-ring (bicyclic) bond motifs is 1. The Morgan fingerprint density at radius 1 is 1.10 bits per heavy atom. The van der Waals surface area contributed by atoms with E-state index in [2.05, 4.69) is 30.9 Å². The lowest BCUT2D eigenvalue weighted by atomic mass is 10.1. The Morgan fingerprint density at radius 2 is 1.79 bits per heavy atom. The Balaban J connectivity index is 1.49. The molecule has 0 saturated carbocycles. The number of urea groups is 1. The summed E-state index contributed by atoms with van der Waals surface area (Å²) < 4.78 is 33.5. The second-order valence-corrected chi connectivity index (χ2v) is 11.1. The second-order valence-electron chi connectivity index (χ2n) is 9.09. The molecule has 4 rings (SSSR count). The molecule has 0 aliphatic carbocycles. The predicted molar refractivity (Wildman–Crippen MR) is 139 cm³/mol. The number of likely N-dealkylation sites (N-methyl/N-ethyl adjacent to an activating group) is 1. The van der Waals surface area contributed by atoms with Crippen LogP contribution in [0.25, 0.3) is 11.2 Å². The number of nitrogens with one attached hydrogen (secondary N) is 3. The van der Waals surface area contributed by atoms with Gasteiger partial charge in [0.2, 0.25) is 10.0 Å². The summed E-state index contributed by atoms with van der Waals surface area (Å²) in [5.41, 5.74) is 0.678. The van der Waals surface area contributed by atoms with Crippen LogP contribution in [0.5, 0.6) is 0 Å². The number of carbonyl (C=O) groups is 2. The summed E-state index contributed by atoms with van der Waals surface area (Å²) in [7, 11) is -2.18. The van der Waals surface area contributed by atoms with Gasteiger partial charge in [-0.05, 0) is 45.0 Å².